The summed E-state index contributed by atoms with van der Waals surface area (Å²) in [5, 5.41) is 28.4. The van der Waals surface area contributed by atoms with E-state index in [1.54, 1.807) is 0 Å². The Balaban J connectivity index is 1.32. The number of anilines is 4. The van der Waals surface area contributed by atoms with E-state index in [0.29, 0.717) is 6.07 Å². The lowest BCUT2D eigenvalue weighted by atomic mass is 9.80. The van der Waals surface area contributed by atoms with Crippen LogP contribution < -0.4 is 21.5 Å². The number of fused-ring (bicyclic) bond motifs is 2. The van der Waals surface area contributed by atoms with Gasteiger partial charge in [-0.15, -0.1) is 0 Å². The highest BCUT2D eigenvalue weighted by molar-refractivity contribution is 7.87. The van der Waals surface area contributed by atoms with Crippen LogP contribution in [0.1, 0.15) is 42.2 Å². The van der Waals surface area contributed by atoms with E-state index in [-0.39, 0.29) is 55.7 Å². The minimum absolute atomic E-state index is 0.0186. The predicted molar refractivity (Wildman–Crippen MR) is 237 cm³/mol. The molecule has 66 heavy (non-hydrogen) atoms. The Bertz CT molecular complexity index is 3650. The molecule has 2 heterocycles. The van der Waals surface area contributed by atoms with E-state index in [1.807, 2.05) is 0 Å². The lowest BCUT2D eigenvalue weighted by Gasteiger charge is -2.30. The number of hydrogen-bond donors (Lipinski definition) is 8. The van der Waals surface area contributed by atoms with Gasteiger partial charge in [0.1, 0.15) is 9.79 Å². The highest BCUT2D eigenvalue weighted by Gasteiger charge is 2.35. The highest BCUT2D eigenvalue weighted by atomic mass is 32.2. The van der Waals surface area contributed by atoms with Crippen molar-refractivity contribution >= 4 is 93.5 Å². The summed E-state index contributed by atoms with van der Waals surface area (Å²) in [4.78, 5) is 61.3. The highest BCUT2D eigenvalue weighted by Crippen LogP contribution is 2.45. The van der Waals surface area contributed by atoms with Gasteiger partial charge in [-0.05, 0) is 54.1 Å². The number of aliphatic imine (C=N–C) groups is 2. The molecule has 5 aromatic carbocycles. The molecule has 1 aliphatic heterocycles. The van der Waals surface area contributed by atoms with Crippen LogP contribution in [0.15, 0.2) is 127 Å². The van der Waals surface area contributed by atoms with Crippen molar-refractivity contribution in [1.82, 2.24) is 9.47 Å². The molecule has 22 nitrogen and oxygen atoms in total. The van der Waals surface area contributed by atoms with Gasteiger partial charge in [0.2, 0.25) is 12.2 Å². The van der Waals surface area contributed by atoms with E-state index in [2.05, 4.69) is 25.9 Å². The Hall–Kier alpha value is -7.81. The summed E-state index contributed by atoms with van der Waals surface area (Å²) >= 11 is 0. The molecule has 1 aromatic heterocycles. The average molecular weight is 958 g/mol. The maximum Gasteiger partial charge on any atom is 0.337 e. The third-order valence-corrected chi connectivity index (χ3v) is 13.2. The van der Waals surface area contributed by atoms with Gasteiger partial charge >= 0.3 is 5.97 Å². The average Bonchev–Trinajstić information content (AvgIpc) is 3.25. The number of nitrogens with zero attached hydrogens (tertiary/aromatic N) is 4. The van der Waals surface area contributed by atoms with Crippen molar-refractivity contribution in [3.63, 3.8) is 0 Å². The van der Waals surface area contributed by atoms with Gasteiger partial charge in [0, 0.05) is 36.2 Å². The number of aromatic carboxylic acids is 1. The standard InChI is InChI=1S/C41H31N7O15S3/c1-47-28-15-14-25(32-33(28)31(21-10-3-4-11-22(21)36(32)50)34(37(47)51)35(49)19-8-7-9-20(16-19)64(55,56)57)42-26-17-27(30(66(61,62)63)18-29(26)65(58,59)60)43-39-45-40(48(2)41(54)46-39)44-24-13-6-5-12-23(24)38(52)53/h3-18,40,42,44H,1-2H3,(H,52,53)(H,55,56,57)(H,58,59,60)(H,61,62,63)(H2,43,45,46,54). The largest absolute Gasteiger partial charge is 0.480 e. The first-order valence-corrected chi connectivity index (χ1v) is 23.1. The summed E-state index contributed by atoms with van der Waals surface area (Å²) in [6.07, 6.45) is -1.32. The number of aromatic nitrogens is 1. The molecule has 0 spiro atoms. The number of pyridine rings is 1. The van der Waals surface area contributed by atoms with Gasteiger partial charge in [0.25, 0.3) is 41.9 Å². The molecule has 1 atom stereocenters. The molecular formula is C41H31N7O15S3. The number of benzene rings is 5. The maximum absolute atomic E-state index is 14.6. The normalized spacial score (nSPS) is 14.8. The molecule has 0 bridgehead atoms. The zero-order valence-corrected chi connectivity index (χ0v) is 36.1. The molecule has 0 radical (unpaired) electrons. The molecule has 0 fully saturated rings. The number of para-hydroxylation sites is 1. The van der Waals surface area contributed by atoms with Crippen LogP contribution in [0.25, 0.3) is 22.0 Å². The summed E-state index contributed by atoms with van der Waals surface area (Å²) in [5.41, 5.74) is -3.51. The number of nitrogens with one attached hydrogen (secondary N) is 3. The van der Waals surface area contributed by atoms with E-state index >= 15 is 0 Å². The van der Waals surface area contributed by atoms with E-state index in [0.717, 1.165) is 27.7 Å². The van der Waals surface area contributed by atoms with E-state index < -0.39 is 103 Å². The fourth-order valence-electron chi connectivity index (χ4n) is 7.52. The third kappa shape index (κ3) is 7.90. The third-order valence-electron chi connectivity index (χ3n) is 10.6. The maximum atomic E-state index is 14.6. The van der Waals surface area contributed by atoms with Gasteiger partial charge < -0.3 is 30.7 Å². The fourth-order valence-corrected chi connectivity index (χ4v) is 9.43. The van der Waals surface area contributed by atoms with Crippen LogP contribution in [0.5, 0.6) is 0 Å². The molecule has 6 aromatic rings. The zero-order chi connectivity index (χ0) is 47.8. The second kappa shape index (κ2) is 16.0. The first kappa shape index (κ1) is 44.8. The number of carbonyl (C=O) groups excluding carboxylic acids is 2. The number of amidine groups is 1. The Morgan fingerprint density at radius 2 is 1.32 bits per heavy atom. The quantitative estimate of drug-likeness (QED) is 0.0665. The van der Waals surface area contributed by atoms with Gasteiger partial charge in [-0.2, -0.15) is 30.2 Å². The van der Waals surface area contributed by atoms with Crippen molar-refractivity contribution in [2.75, 3.05) is 23.0 Å². The Morgan fingerprint density at radius 1 is 0.682 bits per heavy atom. The summed E-state index contributed by atoms with van der Waals surface area (Å²) < 4.78 is 107. The number of ketones is 2. The minimum atomic E-state index is -5.41. The smallest absolute Gasteiger partial charge is 0.337 e. The van der Waals surface area contributed by atoms with Crippen LogP contribution in [0, 0.1) is 0 Å². The summed E-state index contributed by atoms with van der Waals surface area (Å²) in [7, 11) is -13.0. The first-order valence-electron chi connectivity index (χ1n) is 18.8. The Labute approximate surface area is 372 Å². The molecule has 1 aliphatic carbocycles. The molecule has 8 rings (SSSR count). The molecule has 0 saturated heterocycles. The number of rotatable bonds is 11. The summed E-state index contributed by atoms with van der Waals surface area (Å²) in [6, 6.07) is 18.9. The van der Waals surface area contributed by atoms with Gasteiger partial charge in [-0.25, -0.2) is 9.79 Å². The molecular weight excluding hydrogens is 927 g/mol. The summed E-state index contributed by atoms with van der Waals surface area (Å²) in [6.45, 7) is 0. The van der Waals surface area contributed by atoms with Crippen LogP contribution in [-0.2, 0) is 37.4 Å². The second-order valence-electron chi connectivity index (χ2n) is 14.6. The number of aryl methyl sites for hydroxylation is 1. The van der Waals surface area contributed by atoms with Crippen molar-refractivity contribution in [2.24, 2.45) is 17.0 Å². The number of aliphatic hydroxyl groups is 1. The van der Waals surface area contributed by atoms with Gasteiger partial charge in [0.15, 0.2) is 11.6 Å². The number of carbonyl (C=O) groups is 3. The lowest BCUT2D eigenvalue weighted by Crippen LogP contribution is -2.45. The number of carboxylic acids is 1. The van der Waals surface area contributed by atoms with Crippen molar-refractivity contribution in [3.05, 3.63) is 135 Å². The zero-order valence-electron chi connectivity index (χ0n) is 33.6. The summed E-state index contributed by atoms with van der Waals surface area (Å²) in [5.74, 6) is -3.58. The fraction of sp³-hybridized carbons (Fsp3) is 0.0732. The van der Waals surface area contributed by atoms with Crippen molar-refractivity contribution in [1.29, 1.82) is 0 Å². The van der Waals surface area contributed by atoms with E-state index in [1.165, 1.54) is 86.9 Å². The van der Waals surface area contributed by atoms with E-state index in [4.69, 9.17) is 0 Å². The SMILES string of the molecule is CN1C(O)=NC(Nc2cc(Nc3ccc4c5c3C(=O)c3ccccc3-c5c(C(=O)c3cccc(S(=O)(=O)O)c3)c(=O)n4C)c(S(=O)(=O)O)cc2S(=O)(=O)O)=NC1Nc1ccccc1C(=O)O. The molecule has 1 unspecified atom stereocenters. The molecule has 338 valence electrons. The first-order chi connectivity index (χ1) is 30.9. The number of guanidine groups is 1. The van der Waals surface area contributed by atoms with Crippen molar-refractivity contribution < 1.29 is 63.5 Å². The van der Waals surface area contributed by atoms with E-state index in [9.17, 15) is 68.3 Å². The molecule has 25 heteroatoms. The Kier molecular flexibility index (Phi) is 10.9. The van der Waals surface area contributed by atoms with Gasteiger partial charge in [-0.1, -0.05) is 48.5 Å². The van der Waals surface area contributed by atoms with Crippen LogP contribution in [0.4, 0.5) is 22.7 Å². The number of hydrogen-bond acceptors (Lipinski definition) is 16. The van der Waals surface area contributed by atoms with Crippen molar-refractivity contribution in [2.45, 2.75) is 21.0 Å². The van der Waals surface area contributed by atoms with Crippen molar-refractivity contribution in [3.8, 4) is 11.1 Å². The second-order valence-corrected chi connectivity index (χ2v) is 18.8. The number of aliphatic hydroxyl groups excluding tert-OH is 1. The van der Waals surface area contributed by atoms with Crippen LogP contribution in [-0.4, -0.2) is 101 Å². The number of carboxylic acid groups (broad SMARTS) is 1. The monoisotopic (exact) mass is 957 g/mol. The van der Waals surface area contributed by atoms with Crippen LogP contribution in [0.3, 0.4) is 0 Å². The van der Waals surface area contributed by atoms with Gasteiger partial charge in [-0.3, -0.25) is 32.9 Å². The Morgan fingerprint density at radius 3 is 1.97 bits per heavy atom. The van der Waals surface area contributed by atoms with Gasteiger partial charge in [0.05, 0.1) is 49.9 Å². The van der Waals surface area contributed by atoms with Crippen LogP contribution >= 0.6 is 0 Å². The molecule has 0 amide bonds. The van der Waals surface area contributed by atoms with Crippen LogP contribution in [0.2, 0.25) is 0 Å². The molecule has 2 aliphatic rings. The molecule has 0 saturated carbocycles. The topological polar surface area (TPSA) is 341 Å². The molecule has 8 N–H and O–H groups in total. The minimum Gasteiger partial charge on any atom is -0.480 e. The lowest BCUT2D eigenvalue weighted by molar-refractivity contribution is 0.0697. The predicted octanol–water partition coefficient (Wildman–Crippen LogP) is 4.19.